The number of esters is 2. The lowest BCUT2D eigenvalue weighted by molar-refractivity contribution is 0.0525. The summed E-state index contributed by atoms with van der Waals surface area (Å²) >= 11 is 0. The van der Waals surface area contributed by atoms with E-state index in [2.05, 4.69) is 18.8 Å². The molecule has 5 heteroatoms. The van der Waals surface area contributed by atoms with Crippen molar-refractivity contribution in [2.24, 2.45) is 5.92 Å². The summed E-state index contributed by atoms with van der Waals surface area (Å²) in [4.78, 5) is 24.7. The van der Waals surface area contributed by atoms with E-state index >= 15 is 0 Å². The summed E-state index contributed by atoms with van der Waals surface area (Å²) in [5, 5.41) is 3.36. The van der Waals surface area contributed by atoms with Gasteiger partial charge in [0.15, 0.2) is 0 Å². The largest absolute Gasteiger partial charge is 0.462 e. The normalized spacial score (nSPS) is 11.7. The highest BCUT2D eigenvalue weighted by Gasteiger charge is 2.25. The van der Waals surface area contributed by atoms with Crippen LogP contribution in [0.5, 0.6) is 0 Å². The maximum absolute atomic E-state index is 12.3. The molecule has 1 N–H and O–H groups in total. The van der Waals surface area contributed by atoms with Crippen LogP contribution in [0.2, 0.25) is 0 Å². The van der Waals surface area contributed by atoms with Crippen molar-refractivity contribution in [3.8, 4) is 11.1 Å². The van der Waals surface area contributed by atoms with E-state index in [0.717, 1.165) is 17.8 Å². The zero-order valence-electron chi connectivity index (χ0n) is 16.4. The lowest BCUT2D eigenvalue weighted by Crippen LogP contribution is -2.11. The van der Waals surface area contributed by atoms with Gasteiger partial charge in [0.05, 0.1) is 24.3 Å². The molecule has 0 aromatic rings. The number of carbonyl (C=O) groups excluding carboxylic acids is 2. The Morgan fingerprint density at radius 2 is 1.48 bits per heavy atom. The highest BCUT2D eigenvalue weighted by Crippen LogP contribution is 2.34. The smallest absolute Gasteiger partial charge is 0.338 e. The molecule has 5 nitrogen and oxygen atoms in total. The maximum Gasteiger partial charge on any atom is 0.338 e. The van der Waals surface area contributed by atoms with Gasteiger partial charge in [0.1, 0.15) is 0 Å². The molecule has 144 valence electrons. The van der Waals surface area contributed by atoms with Crippen LogP contribution in [-0.4, -0.2) is 31.7 Å². The first-order valence-corrected chi connectivity index (χ1v) is 9.19. The van der Waals surface area contributed by atoms with E-state index in [1.807, 2.05) is 31.2 Å². The Labute approximate surface area is 160 Å². The summed E-state index contributed by atoms with van der Waals surface area (Å²) in [6.45, 7) is 12.9. The number of rotatable bonds is 8. The summed E-state index contributed by atoms with van der Waals surface area (Å²) < 4.78 is 10.3. The average Bonchev–Trinajstić information content (AvgIpc) is 2.87. The quantitative estimate of drug-likeness (QED) is 0.536. The molecule has 0 aromatic carbocycles. The van der Waals surface area contributed by atoms with Crippen molar-refractivity contribution in [3.05, 3.63) is 53.6 Å². The van der Waals surface area contributed by atoms with Gasteiger partial charge in [-0.15, -0.1) is 0 Å². The van der Waals surface area contributed by atoms with Gasteiger partial charge in [-0.3, -0.25) is 0 Å². The molecule has 0 amide bonds. The van der Waals surface area contributed by atoms with Crippen LogP contribution in [0.1, 0.15) is 48.4 Å². The molecule has 2 rings (SSSR count). The first-order valence-electron chi connectivity index (χ1n) is 9.19. The maximum atomic E-state index is 12.3. The molecule has 1 atom stereocenters. The fraction of sp³-hybridized carbons (Fsp3) is 0.364. The van der Waals surface area contributed by atoms with Gasteiger partial charge in [-0.05, 0) is 56.0 Å². The summed E-state index contributed by atoms with van der Waals surface area (Å²) in [6, 6.07) is 9.00. The SMILES string of the molecule is C=C(C)C(C)CNc1ccc2c(C(=O)OCC)cc(C(=O)OCC)c-2cc1. The van der Waals surface area contributed by atoms with E-state index in [-0.39, 0.29) is 13.2 Å². The zero-order chi connectivity index (χ0) is 20.0. The van der Waals surface area contributed by atoms with E-state index in [0.29, 0.717) is 28.2 Å². The Hall–Kier alpha value is -2.82. The third-order valence-corrected chi connectivity index (χ3v) is 4.46. The molecule has 0 aromatic heterocycles. The predicted molar refractivity (Wildman–Crippen MR) is 107 cm³/mol. The van der Waals surface area contributed by atoms with Gasteiger partial charge >= 0.3 is 11.9 Å². The summed E-state index contributed by atoms with van der Waals surface area (Å²) in [5.41, 5.74) is 4.06. The van der Waals surface area contributed by atoms with Crippen molar-refractivity contribution < 1.29 is 19.1 Å². The predicted octanol–water partition coefficient (Wildman–Crippen LogP) is 4.77. The minimum Gasteiger partial charge on any atom is -0.462 e. The minimum absolute atomic E-state index is 0.269. The lowest BCUT2D eigenvalue weighted by atomic mass is 10.1. The van der Waals surface area contributed by atoms with Crippen molar-refractivity contribution in [2.45, 2.75) is 27.7 Å². The van der Waals surface area contributed by atoms with Gasteiger partial charge in [-0.25, -0.2) is 9.59 Å². The van der Waals surface area contributed by atoms with E-state index in [4.69, 9.17) is 9.47 Å². The highest BCUT2D eigenvalue weighted by molar-refractivity contribution is 6.08. The average molecular weight is 369 g/mol. The van der Waals surface area contributed by atoms with Gasteiger partial charge in [0.25, 0.3) is 0 Å². The monoisotopic (exact) mass is 369 g/mol. The van der Waals surface area contributed by atoms with Crippen LogP contribution in [-0.2, 0) is 9.47 Å². The van der Waals surface area contributed by atoms with Crippen LogP contribution in [0.25, 0.3) is 11.1 Å². The summed E-state index contributed by atoms with van der Waals surface area (Å²) in [7, 11) is 0. The van der Waals surface area contributed by atoms with Gasteiger partial charge in [0.2, 0.25) is 0 Å². The first kappa shape index (κ1) is 20.5. The molecule has 0 aliphatic heterocycles. The standard InChI is InChI=1S/C22H27NO4/c1-6-26-21(24)19-12-20(22(25)27-7-2)18-11-9-16(8-10-17(18)19)23-13-15(5)14(3)4/h8-12,15,23H,3,6-7,13H2,1-2,4-5H3. The van der Waals surface area contributed by atoms with E-state index < -0.39 is 11.9 Å². The van der Waals surface area contributed by atoms with Crippen LogP contribution in [0, 0.1) is 5.92 Å². The zero-order valence-corrected chi connectivity index (χ0v) is 16.4. The Balaban J connectivity index is 2.44. The molecule has 0 radical (unpaired) electrons. The van der Waals surface area contributed by atoms with Crippen molar-refractivity contribution in [3.63, 3.8) is 0 Å². The van der Waals surface area contributed by atoms with Crippen molar-refractivity contribution in [1.29, 1.82) is 0 Å². The Morgan fingerprint density at radius 3 is 1.89 bits per heavy atom. The highest BCUT2D eigenvalue weighted by atomic mass is 16.5. The second-order valence-electron chi connectivity index (χ2n) is 6.49. The molecule has 0 heterocycles. The first-order chi connectivity index (χ1) is 12.9. The van der Waals surface area contributed by atoms with E-state index in [9.17, 15) is 9.59 Å². The molecule has 0 spiro atoms. The number of hydrogen-bond acceptors (Lipinski definition) is 5. The molecule has 0 saturated carbocycles. The molecule has 0 bridgehead atoms. The van der Waals surface area contributed by atoms with Crippen LogP contribution in [0.15, 0.2) is 42.5 Å². The second-order valence-corrected chi connectivity index (χ2v) is 6.49. The van der Waals surface area contributed by atoms with Gasteiger partial charge in [-0.2, -0.15) is 0 Å². The summed E-state index contributed by atoms with van der Waals surface area (Å²) in [5.74, 6) is -0.566. The molecule has 27 heavy (non-hydrogen) atoms. The molecular weight excluding hydrogens is 342 g/mol. The van der Waals surface area contributed by atoms with Gasteiger partial charge < -0.3 is 14.8 Å². The number of nitrogens with one attached hydrogen (secondary N) is 1. The molecule has 0 fully saturated rings. The molecule has 1 unspecified atom stereocenters. The van der Waals surface area contributed by atoms with E-state index in [1.165, 1.54) is 0 Å². The third-order valence-electron chi connectivity index (χ3n) is 4.46. The lowest BCUT2D eigenvalue weighted by Gasteiger charge is -2.12. The van der Waals surface area contributed by atoms with E-state index in [1.54, 1.807) is 19.9 Å². The van der Waals surface area contributed by atoms with Crippen LogP contribution in [0.4, 0.5) is 5.69 Å². The van der Waals surface area contributed by atoms with Crippen molar-refractivity contribution in [1.82, 2.24) is 0 Å². The topological polar surface area (TPSA) is 64.6 Å². The Kier molecular flexibility index (Phi) is 6.99. The number of hydrogen-bond donors (Lipinski definition) is 1. The number of ether oxygens (including phenoxy) is 2. The van der Waals surface area contributed by atoms with Crippen LogP contribution in [0.3, 0.4) is 0 Å². The summed E-state index contributed by atoms with van der Waals surface area (Å²) in [6.07, 6.45) is 0. The fourth-order valence-corrected chi connectivity index (χ4v) is 2.67. The Morgan fingerprint density at radius 1 is 1.00 bits per heavy atom. The molecule has 0 saturated heterocycles. The van der Waals surface area contributed by atoms with Crippen LogP contribution < -0.4 is 5.32 Å². The molecular formula is C22H27NO4. The third kappa shape index (κ3) is 4.88. The van der Waals surface area contributed by atoms with Gasteiger partial charge in [-0.1, -0.05) is 31.2 Å². The number of carbonyl (C=O) groups is 2. The number of fused-ring (bicyclic) bond motifs is 1. The Bertz CT molecular complexity index is 759. The minimum atomic E-state index is -0.449. The molecule has 2 aliphatic rings. The number of anilines is 1. The second kappa shape index (κ2) is 9.21. The van der Waals surface area contributed by atoms with Crippen molar-refractivity contribution in [2.75, 3.05) is 25.1 Å². The fourth-order valence-electron chi connectivity index (χ4n) is 2.67. The van der Waals surface area contributed by atoms with Crippen molar-refractivity contribution >= 4 is 17.6 Å². The van der Waals surface area contributed by atoms with Crippen LogP contribution >= 0.6 is 0 Å². The van der Waals surface area contributed by atoms with Gasteiger partial charge in [0, 0.05) is 12.2 Å². The molecule has 2 aliphatic carbocycles.